The fraction of sp³-hybridized carbons (Fsp3) is 0.294. The van der Waals surface area contributed by atoms with E-state index in [9.17, 15) is 9.90 Å². The first kappa shape index (κ1) is 16.5. The molecule has 0 spiro atoms. The molecule has 2 heterocycles. The Balaban J connectivity index is 1.57. The number of nitrogens with zero attached hydrogens (tertiary/aromatic N) is 1. The molecule has 3 aromatic rings. The molecular formula is C17H20N4O2S. The highest BCUT2D eigenvalue weighted by Gasteiger charge is 2.15. The molecule has 0 aliphatic carbocycles. The second kappa shape index (κ2) is 7.46. The van der Waals surface area contributed by atoms with Crippen LogP contribution in [-0.4, -0.2) is 33.6 Å². The quantitative estimate of drug-likeness (QED) is 0.525. The summed E-state index contributed by atoms with van der Waals surface area (Å²) in [5, 5.41) is 16.0. The van der Waals surface area contributed by atoms with E-state index in [1.54, 1.807) is 0 Å². The lowest BCUT2D eigenvalue weighted by molar-refractivity contribution is -0.122. The lowest BCUT2D eigenvalue weighted by Gasteiger charge is -2.16. The largest absolute Gasteiger partial charge is 0.394 e. The summed E-state index contributed by atoms with van der Waals surface area (Å²) in [4.78, 5) is 19.4. The fourth-order valence-corrected chi connectivity index (χ4v) is 3.30. The Bertz CT molecular complexity index is 827. The third kappa shape index (κ3) is 3.93. The molecule has 2 aromatic heterocycles. The Labute approximate surface area is 143 Å². The number of aromatic amines is 1. The van der Waals surface area contributed by atoms with Gasteiger partial charge in [0.05, 0.1) is 18.3 Å². The summed E-state index contributed by atoms with van der Waals surface area (Å²) in [5.41, 5.74) is 8.54. The molecule has 6 nitrogen and oxygen atoms in total. The normalized spacial score (nSPS) is 12.4. The maximum absolute atomic E-state index is 12.1. The standard InChI is InChI=1S/C17H20N4O2S/c18-17-21-12(10-24-17)5-6-16(23)20-13(9-22)7-11-8-19-15-4-2-1-3-14(11)15/h1-4,8,10,13,19,22H,5-7,9H2,(H2,18,21)(H,20,23)/t13-/m0/s1. The molecule has 0 radical (unpaired) electrons. The molecule has 0 bridgehead atoms. The van der Waals surface area contributed by atoms with Crippen LogP contribution >= 0.6 is 11.3 Å². The van der Waals surface area contributed by atoms with Crippen LogP contribution in [0.25, 0.3) is 10.9 Å². The number of fused-ring (bicyclic) bond motifs is 1. The zero-order chi connectivity index (χ0) is 16.9. The number of H-pyrrole nitrogens is 1. The number of anilines is 1. The Morgan fingerprint density at radius 3 is 3.00 bits per heavy atom. The van der Waals surface area contributed by atoms with E-state index >= 15 is 0 Å². The summed E-state index contributed by atoms with van der Waals surface area (Å²) in [5.74, 6) is -0.0968. The van der Waals surface area contributed by atoms with Crippen molar-refractivity contribution in [2.45, 2.75) is 25.3 Å². The van der Waals surface area contributed by atoms with Gasteiger partial charge in [-0.25, -0.2) is 4.98 Å². The number of amides is 1. The predicted molar refractivity (Wildman–Crippen MR) is 95.9 cm³/mol. The summed E-state index contributed by atoms with van der Waals surface area (Å²) in [6, 6.07) is 7.68. The molecule has 3 rings (SSSR count). The molecule has 0 saturated carbocycles. The van der Waals surface area contributed by atoms with Crippen LogP contribution in [0.5, 0.6) is 0 Å². The zero-order valence-corrected chi connectivity index (χ0v) is 14.0. The molecule has 1 atom stereocenters. The van der Waals surface area contributed by atoms with Gasteiger partial charge >= 0.3 is 0 Å². The van der Waals surface area contributed by atoms with Crippen LogP contribution in [0.3, 0.4) is 0 Å². The predicted octanol–water partition coefficient (Wildman–Crippen LogP) is 1.86. The molecule has 5 N–H and O–H groups in total. The van der Waals surface area contributed by atoms with Crippen LogP contribution in [0.4, 0.5) is 5.13 Å². The SMILES string of the molecule is Nc1nc(CCC(=O)N[C@H](CO)Cc2c[nH]c3ccccc23)cs1. The molecule has 7 heteroatoms. The smallest absolute Gasteiger partial charge is 0.220 e. The first-order chi connectivity index (χ1) is 11.7. The molecule has 0 unspecified atom stereocenters. The van der Waals surface area contributed by atoms with E-state index in [2.05, 4.69) is 15.3 Å². The van der Waals surface area contributed by atoms with Crippen LogP contribution in [0.2, 0.25) is 0 Å². The number of carbonyl (C=O) groups is 1. The van der Waals surface area contributed by atoms with Crippen molar-refractivity contribution in [3.63, 3.8) is 0 Å². The number of nitrogen functional groups attached to an aromatic ring is 1. The van der Waals surface area contributed by atoms with E-state index in [1.165, 1.54) is 11.3 Å². The maximum Gasteiger partial charge on any atom is 0.220 e. The van der Waals surface area contributed by atoms with Crippen molar-refractivity contribution in [3.8, 4) is 0 Å². The minimum absolute atomic E-state index is 0.0968. The number of aliphatic hydroxyl groups excluding tert-OH is 1. The van der Waals surface area contributed by atoms with E-state index in [4.69, 9.17) is 5.73 Å². The number of carbonyl (C=O) groups excluding carboxylic acids is 1. The van der Waals surface area contributed by atoms with E-state index < -0.39 is 0 Å². The molecule has 0 saturated heterocycles. The van der Waals surface area contributed by atoms with Crippen molar-refractivity contribution in [2.24, 2.45) is 0 Å². The molecule has 126 valence electrons. The van der Waals surface area contributed by atoms with E-state index in [0.717, 1.165) is 22.2 Å². The number of aromatic nitrogens is 2. The fourth-order valence-electron chi connectivity index (χ4n) is 2.71. The van der Waals surface area contributed by atoms with Gasteiger partial charge in [-0.2, -0.15) is 0 Å². The number of hydrogen-bond donors (Lipinski definition) is 4. The summed E-state index contributed by atoms with van der Waals surface area (Å²) in [7, 11) is 0. The van der Waals surface area contributed by atoms with Crippen molar-refractivity contribution in [1.29, 1.82) is 0 Å². The van der Waals surface area contributed by atoms with Crippen molar-refractivity contribution in [3.05, 3.63) is 47.1 Å². The highest BCUT2D eigenvalue weighted by molar-refractivity contribution is 7.13. The number of hydrogen-bond acceptors (Lipinski definition) is 5. The van der Waals surface area contributed by atoms with Gasteiger partial charge in [0.1, 0.15) is 0 Å². The topological polar surface area (TPSA) is 104 Å². The van der Waals surface area contributed by atoms with Crippen LogP contribution in [0.1, 0.15) is 17.7 Å². The Kier molecular flexibility index (Phi) is 5.12. The molecule has 1 aromatic carbocycles. The van der Waals surface area contributed by atoms with Gasteiger partial charge in [-0.15, -0.1) is 11.3 Å². The highest BCUT2D eigenvalue weighted by atomic mass is 32.1. The summed E-state index contributed by atoms with van der Waals surface area (Å²) < 4.78 is 0. The second-order valence-electron chi connectivity index (χ2n) is 5.69. The maximum atomic E-state index is 12.1. The van der Waals surface area contributed by atoms with Crippen molar-refractivity contribution < 1.29 is 9.90 Å². The Morgan fingerprint density at radius 2 is 2.25 bits per heavy atom. The van der Waals surface area contributed by atoms with Gasteiger partial charge in [-0.3, -0.25) is 4.79 Å². The van der Waals surface area contributed by atoms with Gasteiger partial charge in [-0.1, -0.05) is 18.2 Å². The number of nitrogens with one attached hydrogen (secondary N) is 2. The average Bonchev–Trinajstić information content (AvgIpc) is 3.19. The lowest BCUT2D eigenvalue weighted by Crippen LogP contribution is -2.39. The second-order valence-corrected chi connectivity index (χ2v) is 6.58. The number of para-hydroxylation sites is 1. The number of rotatable bonds is 7. The summed E-state index contributed by atoms with van der Waals surface area (Å²) >= 11 is 1.37. The zero-order valence-electron chi connectivity index (χ0n) is 13.2. The number of benzene rings is 1. The molecule has 1 amide bonds. The van der Waals surface area contributed by atoms with Crippen molar-refractivity contribution in [1.82, 2.24) is 15.3 Å². The van der Waals surface area contributed by atoms with Crippen LogP contribution in [0.15, 0.2) is 35.8 Å². The van der Waals surface area contributed by atoms with Crippen molar-refractivity contribution >= 4 is 33.3 Å². The molecule has 0 fully saturated rings. The Morgan fingerprint density at radius 1 is 1.42 bits per heavy atom. The average molecular weight is 344 g/mol. The van der Waals surface area contributed by atoms with Crippen molar-refractivity contribution in [2.75, 3.05) is 12.3 Å². The van der Waals surface area contributed by atoms with Gasteiger partial charge in [0.25, 0.3) is 0 Å². The van der Waals surface area contributed by atoms with E-state index in [0.29, 0.717) is 24.4 Å². The Hall–Kier alpha value is -2.38. The molecule has 0 aliphatic rings. The van der Waals surface area contributed by atoms with Gasteiger partial charge in [0.15, 0.2) is 5.13 Å². The lowest BCUT2D eigenvalue weighted by atomic mass is 10.1. The monoisotopic (exact) mass is 344 g/mol. The minimum Gasteiger partial charge on any atom is -0.394 e. The molecule has 24 heavy (non-hydrogen) atoms. The highest BCUT2D eigenvalue weighted by Crippen LogP contribution is 2.19. The number of aryl methyl sites for hydroxylation is 1. The minimum atomic E-state index is -0.308. The van der Waals surface area contributed by atoms with Gasteiger partial charge in [0.2, 0.25) is 5.91 Å². The number of nitrogens with two attached hydrogens (primary N) is 1. The summed E-state index contributed by atoms with van der Waals surface area (Å²) in [6.45, 7) is -0.102. The third-order valence-corrected chi connectivity index (χ3v) is 4.63. The molecular weight excluding hydrogens is 324 g/mol. The van der Waals surface area contributed by atoms with Crippen LogP contribution in [0, 0.1) is 0 Å². The van der Waals surface area contributed by atoms with Gasteiger partial charge in [-0.05, 0) is 24.5 Å². The van der Waals surface area contributed by atoms with Crippen LogP contribution in [-0.2, 0) is 17.6 Å². The first-order valence-corrected chi connectivity index (χ1v) is 8.68. The third-order valence-electron chi connectivity index (χ3n) is 3.90. The van der Waals surface area contributed by atoms with E-state index in [1.807, 2.05) is 35.8 Å². The van der Waals surface area contributed by atoms with Crippen LogP contribution < -0.4 is 11.1 Å². The van der Waals surface area contributed by atoms with Gasteiger partial charge < -0.3 is 21.1 Å². The van der Waals surface area contributed by atoms with Gasteiger partial charge in [0, 0.05) is 28.9 Å². The van der Waals surface area contributed by atoms with E-state index in [-0.39, 0.29) is 18.6 Å². The molecule has 0 aliphatic heterocycles. The first-order valence-electron chi connectivity index (χ1n) is 7.81. The number of thiazole rings is 1. The summed E-state index contributed by atoms with van der Waals surface area (Å²) in [6.07, 6.45) is 3.38. The number of aliphatic hydroxyl groups is 1.